The number of hydrogen-bond donors (Lipinski definition) is 0. The van der Waals surface area contributed by atoms with E-state index in [9.17, 15) is 4.79 Å². The fraction of sp³-hybridized carbons (Fsp3) is 0.611. The molecule has 0 saturated carbocycles. The smallest absolute Gasteiger partial charge is 0.180 e. The Morgan fingerprint density at radius 3 is 2.24 bits per heavy atom. The highest BCUT2D eigenvalue weighted by Crippen LogP contribution is 2.19. The molecule has 0 aromatic heterocycles. The zero-order valence-electron chi connectivity index (χ0n) is 13.7. The molecular weight excluding hydrogens is 262 g/mol. The van der Waals surface area contributed by atoms with Gasteiger partial charge in [-0.05, 0) is 45.0 Å². The number of ether oxygens (including phenoxy) is 1. The summed E-state index contributed by atoms with van der Waals surface area (Å²) in [5.41, 5.74) is 0.706. The summed E-state index contributed by atoms with van der Waals surface area (Å²) in [6, 6.07) is 7.55. The molecule has 1 rings (SSSR count). The Morgan fingerprint density at radius 1 is 1.05 bits per heavy atom. The number of carbonyl (C=O) groups excluding carboxylic acids is 1. The maximum Gasteiger partial charge on any atom is 0.180 e. The zero-order valence-corrected chi connectivity index (χ0v) is 13.7. The Morgan fingerprint density at radius 2 is 1.67 bits per heavy atom. The van der Waals surface area contributed by atoms with Gasteiger partial charge in [0.1, 0.15) is 5.75 Å². The summed E-state index contributed by atoms with van der Waals surface area (Å²) in [4.78, 5) is 14.8. The fourth-order valence-corrected chi connectivity index (χ4v) is 2.30. The number of benzene rings is 1. The van der Waals surface area contributed by atoms with Crippen LogP contribution in [0.2, 0.25) is 0 Å². The minimum absolute atomic E-state index is 0.159. The number of hydrogen-bond acceptors (Lipinski definition) is 3. The lowest BCUT2D eigenvalue weighted by Gasteiger charge is -2.21. The molecule has 1 aromatic carbocycles. The molecule has 3 nitrogen and oxygen atoms in total. The molecular formula is C18H29NO2. The Bertz CT molecular complexity index is 409. The Balaban J connectivity index is 2.71. The third-order valence-electron chi connectivity index (χ3n) is 3.51. The van der Waals surface area contributed by atoms with Gasteiger partial charge in [0.25, 0.3) is 0 Å². The average molecular weight is 291 g/mol. The highest BCUT2D eigenvalue weighted by Gasteiger charge is 2.15. The van der Waals surface area contributed by atoms with Crippen LogP contribution in [0.25, 0.3) is 0 Å². The highest BCUT2D eigenvalue weighted by atomic mass is 16.5. The number of carbonyl (C=O) groups is 1. The first-order valence-electron chi connectivity index (χ1n) is 8.20. The number of Topliss-reactive ketones (excluding diaryl/α,β-unsaturated/α-hetero) is 1. The van der Waals surface area contributed by atoms with Gasteiger partial charge in [0, 0.05) is 0 Å². The predicted octanol–water partition coefficient (Wildman–Crippen LogP) is 4.17. The van der Waals surface area contributed by atoms with Gasteiger partial charge < -0.3 is 4.74 Å². The lowest BCUT2D eigenvalue weighted by Crippen LogP contribution is -2.32. The van der Waals surface area contributed by atoms with Crippen molar-refractivity contribution in [3.63, 3.8) is 0 Å². The number of unbranched alkanes of at least 4 members (excludes halogenated alkanes) is 2. The van der Waals surface area contributed by atoms with E-state index in [2.05, 4.69) is 18.7 Å². The molecule has 0 amide bonds. The first-order valence-corrected chi connectivity index (χ1v) is 8.20. The molecule has 0 aliphatic carbocycles. The van der Waals surface area contributed by atoms with Crippen LogP contribution in [0.5, 0.6) is 5.75 Å². The van der Waals surface area contributed by atoms with Gasteiger partial charge >= 0.3 is 0 Å². The van der Waals surface area contributed by atoms with Crippen molar-refractivity contribution in [2.75, 3.05) is 26.2 Å². The summed E-state index contributed by atoms with van der Waals surface area (Å²) in [7, 11) is 0. The quantitative estimate of drug-likeness (QED) is 0.573. The van der Waals surface area contributed by atoms with Gasteiger partial charge in [-0.25, -0.2) is 0 Å². The van der Waals surface area contributed by atoms with Crippen molar-refractivity contribution < 1.29 is 9.53 Å². The lowest BCUT2D eigenvalue weighted by molar-refractivity contribution is 0.0924. The first kappa shape index (κ1) is 17.7. The molecule has 0 fully saturated rings. The van der Waals surface area contributed by atoms with Gasteiger partial charge in [0.2, 0.25) is 0 Å². The summed E-state index contributed by atoms with van der Waals surface area (Å²) in [6.45, 7) is 9.38. The Kier molecular flexibility index (Phi) is 8.76. The van der Waals surface area contributed by atoms with E-state index in [1.165, 1.54) is 0 Å². The molecule has 0 aliphatic rings. The molecule has 1 aromatic rings. The second-order valence-electron chi connectivity index (χ2n) is 5.34. The Labute approximate surface area is 129 Å². The van der Waals surface area contributed by atoms with E-state index >= 15 is 0 Å². The van der Waals surface area contributed by atoms with Crippen LogP contribution in [0, 0.1) is 0 Å². The summed E-state index contributed by atoms with van der Waals surface area (Å²) >= 11 is 0. The van der Waals surface area contributed by atoms with Gasteiger partial charge in [-0.2, -0.15) is 0 Å². The summed E-state index contributed by atoms with van der Waals surface area (Å²) < 4.78 is 5.56. The standard InChI is InChI=1S/C18H29NO2/c1-4-7-13-19(14-8-5-2)15-17(20)16-11-9-10-12-18(16)21-6-3/h9-12H,4-8,13-15H2,1-3H3. The van der Waals surface area contributed by atoms with Gasteiger partial charge in [-0.3, -0.25) is 9.69 Å². The average Bonchev–Trinajstić information content (AvgIpc) is 2.50. The number of rotatable bonds is 11. The molecule has 0 N–H and O–H groups in total. The van der Waals surface area contributed by atoms with Crippen molar-refractivity contribution in [1.29, 1.82) is 0 Å². The second kappa shape index (κ2) is 10.4. The normalized spacial score (nSPS) is 10.9. The maximum atomic E-state index is 12.6. The minimum Gasteiger partial charge on any atom is -0.493 e. The summed E-state index contributed by atoms with van der Waals surface area (Å²) in [5, 5.41) is 0. The molecule has 0 unspecified atom stereocenters. The third kappa shape index (κ3) is 6.30. The molecule has 0 bridgehead atoms. The third-order valence-corrected chi connectivity index (χ3v) is 3.51. The molecule has 0 aliphatic heterocycles. The summed E-state index contributed by atoms with van der Waals surface area (Å²) in [5.74, 6) is 0.863. The van der Waals surface area contributed by atoms with Crippen molar-refractivity contribution in [2.24, 2.45) is 0 Å². The number of nitrogens with zero attached hydrogens (tertiary/aromatic N) is 1. The van der Waals surface area contributed by atoms with Crippen LogP contribution in [0.4, 0.5) is 0 Å². The molecule has 0 heterocycles. The predicted molar refractivity (Wildman–Crippen MR) is 88.2 cm³/mol. The monoisotopic (exact) mass is 291 g/mol. The van der Waals surface area contributed by atoms with Crippen molar-refractivity contribution >= 4 is 5.78 Å². The molecule has 0 spiro atoms. The molecule has 21 heavy (non-hydrogen) atoms. The van der Waals surface area contributed by atoms with Crippen LogP contribution >= 0.6 is 0 Å². The van der Waals surface area contributed by atoms with Crippen molar-refractivity contribution in [3.05, 3.63) is 29.8 Å². The van der Waals surface area contributed by atoms with Gasteiger partial charge in [-0.1, -0.05) is 38.8 Å². The van der Waals surface area contributed by atoms with Crippen LogP contribution in [-0.2, 0) is 0 Å². The lowest BCUT2D eigenvalue weighted by atomic mass is 10.1. The van der Waals surface area contributed by atoms with Crippen LogP contribution < -0.4 is 4.74 Å². The summed E-state index contributed by atoms with van der Waals surface area (Å²) in [6.07, 6.45) is 4.60. The fourth-order valence-electron chi connectivity index (χ4n) is 2.30. The molecule has 118 valence electrons. The van der Waals surface area contributed by atoms with E-state index in [0.717, 1.165) is 38.8 Å². The zero-order chi connectivity index (χ0) is 15.5. The molecule has 0 atom stereocenters. The molecule has 0 radical (unpaired) electrons. The largest absolute Gasteiger partial charge is 0.493 e. The van der Waals surface area contributed by atoms with E-state index in [1.807, 2.05) is 31.2 Å². The minimum atomic E-state index is 0.159. The highest BCUT2D eigenvalue weighted by molar-refractivity contribution is 6.00. The van der Waals surface area contributed by atoms with E-state index in [4.69, 9.17) is 4.74 Å². The van der Waals surface area contributed by atoms with Crippen molar-refractivity contribution in [1.82, 2.24) is 4.90 Å². The van der Waals surface area contributed by atoms with Crippen LogP contribution in [-0.4, -0.2) is 36.9 Å². The SMILES string of the molecule is CCCCN(CCCC)CC(=O)c1ccccc1OCC. The molecule has 0 saturated heterocycles. The topological polar surface area (TPSA) is 29.5 Å². The van der Waals surface area contributed by atoms with Crippen LogP contribution in [0.15, 0.2) is 24.3 Å². The van der Waals surface area contributed by atoms with Crippen LogP contribution in [0.1, 0.15) is 56.8 Å². The van der Waals surface area contributed by atoms with Gasteiger partial charge in [-0.15, -0.1) is 0 Å². The van der Waals surface area contributed by atoms with Gasteiger partial charge in [0.05, 0.1) is 18.7 Å². The maximum absolute atomic E-state index is 12.6. The number of para-hydroxylation sites is 1. The molecule has 3 heteroatoms. The van der Waals surface area contributed by atoms with E-state index in [0.29, 0.717) is 24.5 Å². The Hall–Kier alpha value is -1.35. The van der Waals surface area contributed by atoms with Gasteiger partial charge in [0.15, 0.2) is 5.78 Å². The second-order valence-corrected chi connectivity index (χ2v) is 5.34. The van der Waals surface area contributed by atoms with Crippen molar-refractivity contribution in [3.8, 4) is 5.75 Å². The van der Waals surface area contributed by atoms with Crippen molar-refractivity contribution in [2.45, 2.75) is 46.5 Å². The van der Waals surface area contributed by atoms with Crippen LogP contribution in [0.3, 0.4) is 0 Å². The first-order chi connectivity index (χ1) is 10.2. The van der Waals surface area contributed by atoms with E-state index in [1.54, 1.807) is 0 Å². The number of ketones is 1. The van der Waals surface area contributed by atoms with E-state index in [-0.39, 0.29) is 5.78 Å². The van der Waals surface area contributed by atoms with E-state index < -0.39 is 0 Å².